The zero-order valence-electron chi connectivity index (χ0n) is 10.4. The number of esters is 1. The Bertz CT molecular complexity index is 401. The highest BCUT2D eigenvalue weighted by Crippen LogP contribution is 2.27. The number of hydrogen-bond donors (Lipinski definition) is 2. The fourth-order valence-corrected chi connectivity index (χ4v) is 2.04. The maximum Gasteiger partial charge on any atom is 0.308 e. The summed E-state index contributed by atoms with van der Waals surface area (Å²) in [6.45, 7) is 0. The molecular weight excluding hydrogens is 232 g/mol. The second-order valence-corrected chi connectivity index (χ2v) is 4.24. The summed E-state index contributed by atoms with van der Waals surface area (Å²) < 4.78 is 4.71. The van der Waals surface area contributed by atoms with E-state index in [2.05, 4.69) is 4.99 Å². The van der Waals surface area contributed by atoms with Crippen LogP contribution in [0.25, 0.3) is 0 Å². The molecule has 0 aromatic carbocycles. The van der Waals surface area contributed by atoms with Gasteiger partial charge in [0.05, 0.1) is 24.8 Å². The molecule has 1 saturated carbocycles. The van der Waals surface area contributed by atoms with Gasteiger partial charge in [0, 0.05) is 6.20 Å². The third-order valence-electron chi connectivity index (χ3n) is 3.10. The van der Waals surface area contributed by atoms with Crippen LogP contribution in [0.2, 0.25) is 0 Å². The van der Waals surface area contributed by atoms with Gasteiger partial charge in [0.25, 0.3) is 0 Å². The molecule has 0 aromatic rings. The first-order valence-corrected chi connectivity index (χ1v) is 5.85. The molecule has 0 amide bonds. The summed E-state index contributed by atoms with van der Waals surface area (Å²) in [7, 11) is 1.40. The Labute approximate surface area is 106 Å². The molecule has 6 heteroatoms. The van der Waals surface area contributed by atoms with E-state index in [4.69, 9.17) is 21.5 Å². The zero-order chi connectivity index (χ0) is 13.5. The summed E-state index contributed by atoms with van der Waals surface area (Å²) in [4.78, 5) is 15.6. The molecule has 0 unspecified atom stereocenters. The van der Waals surface area contributed by atoms with Gasteiger partial charge in [0.1, 0.15) is 6.07 Å². The first-order chi connectivity index (χ1) is 8.62. The van der Waals surface area contributed by atoms with Gasteiger partial charge in [-0.05, 0) is 25.7 Å². The lowest BCUT2D eigenvalue weighted by Gasteiger charge is -2.24. The van der Waals surface area contributed by atoms with E-state index >= 15 is 0 Å². The van der Waals surface area contributed by atoms with Crippen molar-refractivity contribution in [1.82, 2.24) is 0 Å². The Balaban J connectivity index is 2.61. The number of carbonyl (C=O) groups excluding carboxylic acids is 1. The number of rotatable bonds is 3. The Morgan fingerprint density at radius 2 is 2.06 bits per heavy atom. The predicted octanol–water partition coefficient (Wildman–Crippen LogP) is 0.442. The number of carbonyl (C=O) groups is 1. The molecule has 4 N–H and O–H groups in total. The van der Waals surface area contributed by atoms with Crippen molar-refractivity contribution in [3.8, 4) is 6.07 Å². The molecule has 0 aliphatic heterocycles. The average Bonchev–Trinajstić information content (AvgIpc) is 2.43. The van der Waals surface area contributed by atoms with Gasteiger partial charge < -0.3 is 16.2 Å². The monoisotopic (exact) mass is 250 g/mol. The number of nitrogens with zero attached hydrogens (tertiary/aromatic N) is 2. The average molecular weight is 250 g/mol. The summed E-state index contributed by atoms with van der Waals surface area (Å²) in [5.41, 5.74) is 11.2. The third kappa shape index (κ3) is 3.48. The van der Waals surface area contributed by atoms with Gasteiger partial charge in [-0.3, -0.25) is 9.79 Å². The van der Waals surface area contributed by atoms with Gasteiger partial charge in [0.15, 0.2) is 5.71 Å². The minimum absolute atomic E-state index is 0.0269. The lowest BCUT2D eigenvalue weighted by Crippen LogP contribution is -2.25. The molecule has 0 atom stereocenters. The molecule has 0 radical (unpaired) electrons. The normalized spacial score (nSPS) is 25.3. The molecule has 1 fully saturated rings. The fourth-order valence-electron chi connectivity index (χ4n) is 2.04. The molecular formula is C12H18N4O2. The van der Waals surface area contributed by atoms with Crippen LogP contribution in [0.1, 0.15) is 25.7 Å². The number of nitrogens with two attached hydrogens (primary N) is 2. The molecule has 0 aromatic heterocycles. The number of allylic oxidation sites excluding steroid dienone is 1. The van der Waals surface area contributed by atoms with Gasteiger partial charge in [-0.25, -0.2) is 0 Å². The Hall–Kier alpha value is -2.03. The highest BCUT2D eigenvalue weighted by atomic mass is 16.5. The van der Waals surface area contributed by atoms with E-state index < -0.39 is 0 Å². The summed E-state index contributed by atoms with van der Waals surface area (Å²) >= 11 is 0. The highest BCUT2D eigenvalue weighted by molar-refractivity contribution is 6.10. The standard InChI is InChI=1S/C12H18N4O2/c1-18-12(17)8-2-4-9(5-3-8)16-11(7-14)10(15)6-13/h6,8-9H,2-5,13,15H2,1H3/b10-6+,16-11?. The van der Waals surface area contributed by atoms with Crippen LogP contribution in [0.4, 0.5) is 0 Å². The van der Waals surface area contributed by atoms with E-state index in [9.17, 15) is 4.79 Å². The molecule has 0 bridgehead atoms. The minimum atomic E-state index is -0.167. The van der Waals surface area contributed by atoms with Crippen LogP contribution in [0.3, 0.4) is 0 Å². The van der Waals surface area contributed by atoms with E-state index in [0.717, 1.165) is 25.7 Å². The van der Waals surface area contributed by atoms with Crippen molar-refractivity contribution in [2.75, 3.05) is 7.11 Å². The smallest absolute Gasteiger partial charge is 0.308 e. The van der Waals surface area contributed by atoms with E-state index in [-0.39, 0.29) is 29.3 Å². The Morgan fingerprint density at radius 3 is 2.50 bits per heavy atom. The van der Waals surface area contributed by atoms with Crippen LogP contribution in [0, 0.1) is 17.2 Å². The summed E-state index contributed by atoms with van der Waals surface area (Å²) in [5.74, 6) is -0.214. The van der Waals surface area contributed by atoms with Crippen LogP contribution in [0.15, 0.2) is 16.9 Å². The topological polar surface area (TPSA) is 114 Å². The number of methoxy groups -OCH3 is 1. The Kier molecular flexibility index (Phi) is 5.18. The van der Waals surface area contributed by atoms with Crippen LogP contribution in [-0.4, -0.2) is 24.8 Å². The molecule has 1 aliphatic carbocycles. The van der Waals surface area contributed by atoms with Gasteiger partial charge >= 0.3 is 5.97 Å². The first-order valence-electron chi connectivity index (χ1n) is 5.85. The maximum atomic E-state index is 11.4. The lowest BCUT2D eigenvalue weighted by molar-refractivity contribution is -0.146. The lowest BCUT2D eigenvalue weighted by atomic mass is 9.86. The first kappa shape index (κ1) is 14.0. The van der Waals surface area contributed by atoms with Crippen molar-refractivity contribution >= 4 is 11.7 Å². The van der Waals surface area contributed by atoms with Crippen LogP contribution in [-0.2, 0) is 9.53 Å². The molecule has 1 rings (SSSR count). The van der Waals surface area contributed by atoms with E-state index in [1.807, 2.05) is 6.07 Å². The molecule has 1 aliphatic rings. The van der Waals surface area contributed by atoms with Crippen molar-refractivity contribution in [2.24, 2.45) is 22.4 Å². The van der Waals surface area contributed by atoms with Gasteiger partial charge in [0.2, 0.25) is 0 Å². The maximum absolute atomic E-state index is 11.4. The molecule has 6 nitrogen and oxygen atoms in total. The van der Waals surface area contributed by atoms with Crippen molar-refractivity contribution in [3.63, 3.8) is 0 Å². The second-order valence-electron chi connectivity index (χ2n) is 4.24. The molecule has 98 valence electrons. The molecule has 0 spiro atoms. The fraction of sp³-hybridized carbons (Fsp3) is 0.583. The largest absolute Gasteiger partial charge is 0.469 e. The summed E-state index contributed by atoms with van der Waals surface area (Å²) in [5, 5.41) is 8.91. The number of ether oxygens (including phenoxy) is 1. The summed E-state index contributed by atoms with van der Waals surface area (Å²) in [6.07, 6.45) is 4.13. The second kappa shape index (κ2) is 6.64. The highest BCUT2D eigenvalue weighted by Gasteiger charge is 2.26. The molecule has 0 heterocycles. The van der Waals surface area contributed by atoms with Gasteiger partial charge in [-0.2, -0.15) is 5.26 Å². The van der Waals surface area contributed by atoms with Crippen molar-refractivity contribution in [3.05, 3.63) is 11.9 Å². The van der Waals surface area contributed by atoms with E-state index in [1.54, 1.807) is 0 Å². The minimum Gasteiger partial charge on any atom is -0.469 e. The van der Waals surface area contributed by atoms with Crippen LogP contribution in [0.5, 0.6) is 0 Å². The van der Waals surface area contributed by atoms with Crippen molar-refractivity contribution in [2.45, 2.75) is 31.7 Å². The number of hydrogen-bond acceptors (Lipinski definition) is 6. The van der Waals surface area contributed by atoms with Crippen LogP contribution >= 0.6 is 0 Å². The number of aliphatic imine (C=N–C) groups is 1. The molecule has 18 heavy (non-hydrogen) atoms. The van der Waals surface area contributed by atoms with Crippen LogP contribution < -0.4 is 11.5 Å². The van der Waals surface area contributed by atoms with E-state index in [0.29, 0.717) is 0 Å². The Morgan fingerprint density at radius 1 is 1.44 bits per heavy atom. The van der Waals surface area contributed by atoms with Crippen molar-refractivity contribution in [1.29, 1.82) is 5.26 Å². The predicted molar refractivity (Wildman–Crippen MR) is 67.3 cm³/mol. The van der Waals surface area contributed by atoms with Gasteiger partial charge in [-0.15, -0.1) is 0 Å². The molecule has 0 saturated heterocycles. The quantitative estimate of drug-likeness (QED) is 0.557. The zero-order valence-corrected chi connectivity index (χ0v) is 10.4. The summed E-state index contributed by atoms with van der Waals surface area (Å²) in [6, 6.07) is 1.96. The number of nitriles is 1. The van der Waals surface area contributed by atoms with Crippen molar-refractivity contribution < 1.29 is 9.53 Å². The van der Waals surface area contributed by atoms with Gasteiger partial charge in [-0.1, -0.05) is 0 Å². The van der Waals surface area contributed by atoms with E-state index in [1.165, 1.54) is 13.3 Å². The SMILES string of the molecule is COC(=O)C1CCC(N=C(C#N)/C(N)=C\N)CC1. The third-order valence-corrected chi connectivity index (χ3v) is 3.10.